The van der Waals surface area contributed by atoms with Gasteiger partial charge in [-0.25, -0.2) is 9.97 Å². The zero-order chi connectivity index (χ0) is 22.4. The molecule has 0 saturated heterocycles. The van der Waals surface area contributed by atoms with Crippen LogP contribution >= 0.6 is 0 Å². The summed E-state index contributed by atoms with van der Waals surface area (Å²) in [5, 5.41) is 6.27. The van der Waals surface area contributed by atoms with Crippen LogP contribution in [0.1, 0.15) is 30.0 Å². The van der Waals surface area contributed by atoms with Gasteiger partial charge in [0.25, 0.3) is 5.91 Å². The third-order valence-electron chi connectivity index (χ3n) is 4.95. The molecule has 0 saturated carbocycles. The highest BCUT2D eigenvalue weighted by Gasteiger charge is 2.09. The Morgan fingerprint density at radius 2 is 1.61 bits per heavy atom. The third kappa shape index (κ3) is 5.72. The van der Waals surface area contributed by atoms with Crippen molar-refractivity contribution in [1.29, 1.82) is 0 Å². The average molecular weight is 419 g/mol. The number of carbonyl (C=O) groups excluding carboxylic acids is 1. The summed E-state index contributed by atoms with van der Waals surface area (Å²) in [7, 11) is 3.90. The molecular weight excluding hydrogens is 388 g/mol. The van der Waals surface area contributed by atoms with E-state index in [1.165, 1.54) is 0 Å². The van der Waals surface area contributed by atoms with Gasteiger partial charge in [-0.05, 0) is 63.2 Å². The molecule has 0 unspecified atom stereocenters. The van der Waals surface area contributed by atoms with Gasteiger partial charge >= 0.3 is 0 Å². The number of rotatable bonds is 8. The van der Waals surface area contributed by atoms with E-state index in [4.69, 9.17) is 0 Å². The fraction of sp³-hybridized carbons (Fsp3) is 0.292. The van der Waals surface area contributed by atoms with Gasteiger partial charge in [0.05, 0.1) is 0 Å². The van der Waals surface area contributed by atoms with Crippen molar-refractivity contribution in [3.05, 3.63) is 66.0 Å². The van der Waals surface area contributed by atoms with Crippen molar-refractivity contribution in [3.63, 3.8) is 0 Å². The first-order chi connectivity index (χ1) is 14.9. The summed E-state index contributed by atoms with van der Waals surface area (Å²) >= 11 is 0. The lowest BCUT2D eigenvalue weighted by Crippen LogP contribution is -2.23. The van der Waals surface area contributed by atoms with Crippen LogP contribution in [-0.4, -0.2) is 43.1 Å². The van der Waals surface area contributed by atoms with Crippen molar-refractivity contribution in [3.8, 4) is 0 Å². The molecule has 0 radical (unpaired) electrons. The van der Waals surface area contributed by atoms with Crippen LogP contribution in [0.25, 0.3) is 0 Å². The molecule has 0 aliphatic heterocycles. The predicted octanol–water partition coefficient (Wildman–Crippen LogP) is 4.69. The maximum atomic E-state index is 12.6. The van der Waals surface area contributed by atoms with E-state index >= 15 is 0 Å². The normalized spacial score (nSPS) is 10.5. The minimum absolute atomic E-state index is 0.139. The lowest BCUT2D eigenvalue weighted by molar-refractivity contribution is 0.102. The van der Waals surface area contributed by atoms with Gasteiger partial charge in [-0.2, -0.15) is 0 Å². The maximum Gasteiger partial charge on any atom is 0.255 e. The molecule has 3 rings (SSSR count). The smallest absolute Gasteiger partial charge is 0.255 e. The summed E-state index contributed by atoms with van der Waals surface area (Å²) in [6.45, 7) is 7.88. The van der Waals surface area contributed by atoms with Crippen molar-refractivity contribution >= 4 is 34.6 Å². The monoisotopic (exact) mass is 418 g/mol. The van der Waals surface area contributed by atoms with Gasteiger partial charge in [0.2, 0.25) is 0 Å². The molecule has 0 aliphatic rings. The topological polar surface area (TPSA) is 73.4 Å². The van der Waals surface area contributed by atoms with E-state index in [2.05, 4.69) is 39.3 Å². The Kier molecular flexibility index (Phi) is 7.07. The van der Waals surface area contributed by atoms with Crippen LogP contribution in [-0.2, 0) is 0 Å². The zero-order valence-corrected chi connectivity index (χ0v) is 18.8. The van der Waals surface area contributed by atoms with E-state index in [-0.39, 0.29) is 5.91 Å². The summed E-state index contributed by atoms with van der Waals surface area (Å²) in [6, 6.07) is 17.1. The van der Waals surface area contributed by atoms with E-state index in [1.807, 2.05) is 80.5 Å². The van der Waals surface area contributed by atoms with Crippen LogP contribution in [0.2, 0.25) is 0 Å². The third-order valence-corrected chi connectivity index (χ3v) is 4.95. The molecule has 0 fully saturated rings. The highest BCUT2D eigenvalue weighted by atomic mass is 16.1. The quantitative estimate of drug-likeness (QED) is 0.553. The molecule has 2 aromatic carbocycles. The van der Waals surface area contributed by atoms with E-state index in [1.54, 1.807) is 0 Å². The zero-order valence-electron chi connectivity index (χ0n) is 18.8. The lowest BCUT2D eigenvalue weighted by atomic mass is 10.1. The molecule has 0 bridgehead atoms. The van der Waals surface area contributed by atoms with E-state index in [9.17, 15) is 4.79 Å². The second-order valence-electron chi connectivity index (χ2n) is 7.43. The lowest BCUT2D eigenvalue weighted by Gasteiger charge is -2.20. The molecule has 1 heterocycles. The highest BCUT2D eigenvalue weighted by Crippen LogP contribution is 2.22. The molecule has 3 aromatic rings. The molecule has 1 amide bonds. The molecule has 162 valence electrons. The van der Waals surface area contributed by atoms with Crippen molar-refractivity contribution in [1.82, 2.24) is 9.97 Å². The number of hydrogen-bond acceptors (Lipinski definition) is 6. The first kappa shape index (κ1) is 22.1. The fourth-order valence-corrected chi connectivity index (χ4v) is 3.24. The van der Waals surface area contributed by atoms with Crippen LogP contribution < -0.4 is 20.4 Å². The summed E-state index contributed by atoms with van der Waals surface area (Å²) < 4.78 is 0. The number of aryl methyl sites for hydroxylation is 1. The Morgan fingerprint density at radius 1 is 0.935 bits per heavy atom. The molecule has 2 N–H and O–H groups in total. The average Bonchev–Trinajstić information content (AvgIpc) is 2.75. The molecule has 1 aromatic heterocycles. The summed E-state index contributed by atoms with van der Waals surface area (Å²) in [6.07, 6.45) is 0. The Hall–Kier alpha value is -3.61. The second kappa shape index (κ2) is 9.93. The fourth-order valence-electron chi connectivity index (χ4n) is 3.24. The number of amides is 1. The molecular formula is C24H30N6O. The Bertz CT molecular complexity index is 1030. The largest absolute Gasteiger partial charge is 0.378 e. The van der Waals surface area contributed by atoms with E-state index in [0.29, 0.717) is 5.56 Å². The number of hydrogen-bond donors (Lipinski definition) is 2. The first-order valence-corrected chi connectivity index (χ1v) is 10.5. The summed E-state index contributed by atoms with van der Waals surface area (Å²) in [5.41, 5.74) is 3.22. The van der Waals surface area contributed by atoms with Gasteiger partial charge in [0, 0.05) is 55.9 Å². The van der Waals surface area contributed by atoms with Crippen LogP contribution in [0.4, 0.5) is 28.7 Å². The SMILES string of the molecule is CCN(CC)c1cc(Nc2ccc(NC(=O)c3cccc(N(C)C)c3)cc2)nc(C)n1. The van der Waals surface area contributed by atoms with Crippen LogP contribution in [0.3, 0.4) is 0 Å². The van der Waals surface area contributed by atoms with Gasteiger partial charge in [-0.15, -0.1) is 0 Å². The number of nitrogens with zero attached hydrogens (tertiary/aromatic N) is 4. The Morgan fingerprint density at radius 3 is 2.26 bits per heavy atom. The van der Waals surface area contributed by atoms with Gasteiger partial charge in [-0.3, -0.25) is 4.79 Å². The number of anilines is 5. The predicted molar refractivity (Wildman–Crippen MR) is 129 cm³/mol. The molecule has 7 heteroatoms. The van der Waals surface area contributed by atoms with Crippen molar-refractivity contribution in [2.75, 3.05) is 47.6 Å². The number of benzene rings is 2. The minimum Gasteiger partial charge on any atom is -0.378 e. The van der Waals surface area contributed by atoms with Crippen molar-refractivity contribution in [2.24, 2.45) is 0 Å². The van der Waals surface area contributed by atoms with Crippen LogP contribution in [0.5, 0.6) is 0 Å². The van der Waals surface area contributed by atoms with E-state index < -0.39 is 0 Å². The molecule has 31 heavy (non-hydrogen) atoms. The maximum absolute atomic E-state index is 12.6. The van der Waals surface area contributed by atoms with Gasteiger partial charge in [-0.1, -0.05) is 6.07 Å². The van der Waals surface area contributed by atoms with Crippen LogP contribution in [0, 0.1) is 6.92 Å². The Labute approximate surface area is 184 Å². The number of aromatic nitrogens is 2. The standard InChI is InChI=1S/C24H30N6O/c1-6-30(7-2)23-16-22(25-17(3)26-23)27-19-11-13-20(14-12-19)28-24(31)18-9-8-10-21(15-18)29(4)5/h8-16H,6-7H2,1-5H3,(H,28,31)(H,25,26,27). The number of carbonyl (C=O) groups is 1. The van der Waals surface area contributed by atoms with Gasteiger partial charge < -0.3 is 20.4 Å². The minimum atomic E-state index is -0.139. The van der Waals surface area contributed by atoms with Crippen molar-refractivity contribution in [2.45, 2.75) is 20.8 Å². The Balaban J connectivity index is 1.69. The molecule has 7 nitrogen and oxygen atoms in total. The van der Waals surface area contributed by atoms with Crippen LogP contribution in [0.15, 0.2) is 54.6 Å². The number of nitrogens with one attached hydrogen (secondary N) is 2. The highest BCUT2D eigenvalue weighted by molar-refractivity contribution is 6.04. The molecule has 0 aliphatic carbocycles. The first-order valence-electron chi connectivity index (χ1n) is 10.5. The summed E-state index contributed by atoms with van der Waals surface area (Å²) in [4.78, 5) is 25.8. The van der Waals surface area contributed by atoms with Crippen molar-refractivity contribution < 1.29 is 4.79 Å². The van der Waals surface area contributed by atoms with Gasteiger partial charge in [0.15, 0.2) is 0 Å². The van der Waals surface area contributed by atoms with Gasteiger partial charge in [0.1, 0.15) is 17.5 Å². The summed E-state index contributed by atoms with van der Waals surface area (Å²) in [5.74, 6) is 2.23. The molecule has 0 atom stereocenters. The second-order valence-corrected chi connectivity index (χ2v) is 7.43. The molecule has 0 spiro atoms. The van der Waals surface area contributed by atoms with E-state index in [0.717, 1.165) is 47.6 Å².